The third-order valence-corrected chi connectivity index (χ3v) is 7.43. The van der Waals surface area contributed by atoms with E-state index in [1.54, 1.807) is 24.3 Å². The third-order valence-electron chi connectivity index (χ3n) is 3.90. The highest BCUT2D eigenvalue weighted by Crippen LogP contribution is 2.31. The van der Waals surface area contributed by atoms with Gasteiger partial charge in [-0.15, -0.1) is 11.8 Å². The zero-order valence-electron chi connectivity index (χ0n) is 15.4. The largest absolute Gasteiger partial charge is 0.464 e. The second kappa shape index (κ2) is 8.93. The molecule has 0 aliphatic rings. The summed E-state index contributed by atoms with van der Waals surface area (Å²) in [6.07, 6.45) is -4.23. The van der Waals surface area contributed by atoms with E-state index in [0.717, 1.165) is 24.8 Å². The maximum absolute atomic E-state index is 12.7. The summed E-state index contributed by atoms with van der Waals surface area (Å²) in [5, 5.41) is -0.0485. The number of nitrogens with zero attached hydrogens (tertiary/aromatic N) is 1. The van der Waals surface area contributed by atoms with Crippen molar-refractivity contribution >= 4 is 39.2 Å². The second-order valence-electron chi connectivity index (χ2n) is 6.33. The fourth-order valence-electron chi connectivity index (χ4n) is 2.08. The Kier molecular flexibility index (Phi) is 7.23. The number of thioether (sulfide) groups is 1. The van der Waals surface area contributed by atoms with E-state index in [1.807, 2.05) is 0 Å². The van der Waals surface area contributed by atoms with E-state index in [1.165, 1.54) is 11.8 Å². The van der Waals surface area contributed by atoms with Gasteiger partial charge in [-0.2, -0.15) is 13.2 Å². The fraction of sp³-hybridized carbons (Fsp3) is 0.333. The van der Waals surface area contributed by atoms with Crippen LogP contribution in [0.2, 0.25) is 5.02 Å². The van der Waals surface area contributed by atoms with E-state index in [2.05, 4.69) is 4.98 Å². The number of alkyl halides is 3. The van der Waals surface area contributed by atoms with Gasteiger partial charge in [0.2, 0.25) is 9.84 Å². The first-order valence-corrected chi connectivity index (χ1v) is 11.0. The summed E-state index contributed by atoms with van der Waals surface area (Å²) in [5.74, 6) is -0.641. The van der Waals surface area contributed by atoms with E-state index in [4.69, 9.17) is 16.3 Å². The Morgan fingerprint density at radius 1 is 1.14 bits per heavy atom. The molecular weight excluding hydrogens is 451 g/mol. The summed E-state index contributed by atoms with van der Waals surface area (Å²) < 4.78 is 66.3. The number of carbonyl (C=O) groups excluding carboxylic acids is 1. The molecule has 29 heavy (non-hydrogen) atoms. The van der Waals surface area contributed by atoms with Crippen LogP contribution in [0.5, 0.6) is 0 Å². The Bertz CT molecular complexity index is 960. The quantitative estimate of drug-likeness (QED) is 0.335. The van der Waals surface area contributed by atoms with Gasteiger partial charge in [0.25, 0.3) is 0 Å². The molecule has 0 saturated heterocycles. The van der Waals surface area contributed by atoms with E-state index in [0.29, 0.717) is 23.0 Å². The number of rotatable bonds is 7. The lowest BCUT2D eigenvalue weighted by Gasteiger charge is -2.22. The lowest BCUT2D eigenvalue weighted by molar-refractivity contribution is -0.145. The molecule has 1 aromatic heterocycles. The first-order chi connectivity index (χ1) is 13.4. The van der Waals surface area contributed by atoms with Gasteiger partial charge in [-0.25, -0.2) is 13.4 Å². The number of pyridine rings is 1. The van der Waals surface area contributed by atoms with E-state index in [9.17, 15) is 26.4 Å². The molecule has 2 aromatic rings. The van der Waals surface area contributed by atoms with E-state index < -0.39 is 37.3 Å². The monoisotopic (exact) mass is 467 g/mol. The van der Waals surface area contributed by atoms with Gasteiger partial charge in [-0.3, -0.25) is 4.79 Å². The minimum atomic E-state index is -4.65. The average Bonchev–Trinajstić information content (AvgIpc) is 2.65. The Balaban J connectivity index is 2.01. The lowest BCUT2D eigenvalue weighted by Crippen LogP contribution is -2.42. The maximum Gasteiger partial charge on any atom is 0.417 e. The minimum absolute atomic E-state index is 0.0501. The molecule has 0 amide bonds. The van der Waals surface area contributed by atoms with Crippen molar-refractivity contribution in [3.63, 3.8) is 0 Å². The topological polar surface area (TPSA) is 73.3 Å². The highest BCUT2D eigenvalue weighted by Gasteiger charge is 2.45. The summed E-state index contributed by atoms with van der Waals surface area (Å²) in [6, 6.07) is 8.33. The Morgan fingerprint density at radius 2 is 1.76 bits per heavy atom. The van der Waals surface area contributed by atoms with Crippen LogP contribution >= 0.6 is 23.4 Å². The molecule has 0 unspecified atom stereocenters. The van der Waals surface area contributed by atoms with Crippen molar-refractivity contribution in [2.24, 2.45) is 0 Å². The molecule has 5 nitrogen and oxygen atoms in total. The van der Waals surface area contributed by atoms with Crippen LogP contribution in [-0.4, -0.2) is 36.5 Å². The van der Waals surface area contributed by atoms with E-state index in [-0.39, 0.29) is 6.61 Å². The maximum atomic E-state index is 12.7. The van der Waals surface area contributed by atoms with Crippen molar-refractivity contribution in [2.45, 2.75) is 34.7 Å². The number of benzene rings is 1. The van der Waals surface area contributed by atoms with Gasteiger partial charge in [-0.05, 0) is 50.2 Å². The highest BCUT2D eigenvalue weighted by atomic mass is 35.5. The van der Waals surface area contributed by atoms with Crippen LogP contribution in [0.1, 0.15) is 19.4 Å². The third kappa shape index (κ3) is 5.64. The van der Waals surface area contributed by atoms with Crippen molar-refractivity contribution in [3.8, 4) is 0 Å². The van der Waals surface area contributed by atoms with Gasteiger partial charge in [0.05, 0.1) is 5.56 Å². The number of sulfone groups is 1. The number of hydrogen-bond donors (Lipinski definition) is 0. The Labute approximate surface area is 175 Å². The van der Waals surface area contributed by atoms with Crippen LogP contribution in [0.3, 0.4) is 0 Å². The number of ether oxygens (including phenoxy) is 1. The number of halogens is 4. The minimum Gasteiger partial charge on any atom is -0.464 e. The SMILES string of the molecule is CC(C)(C(=O)OCCSc1ccc(Cl)cc1)S(=O)(=O)c1ccc(C(F)(F)F)cn1. The van der Waals surface area contributed by atoms with Crippen LogP contribution in [0.15, 0.2) is 52.5 Å². The van der Waals surface area contributed by atoms with Gasteiger partial charge in [-0.1, -0.05) is 11.6 Å². The standard InChI is InChI=1S/C18H17ClF3NO4S2/c1-17(2,16(24)27-9-10-28-14-6-4-13(19)5-7-14)29(25,26)15-8-3-12(11-23-15)18(20,21)22/h3-8,11H,9-10H2,1-2H3. The molecule has 0 saturated carbocycles. The van der Waals surface area contributed by atoms with Crippen molar-refractivity contribution in [3.05, 3.63) is 53.2 Å². The van der Waals surface area contributed by atoms with Crippen LogP contribution in [-0.2, 0) is 25.5 Å². The molecule has 0 spiro atoms. The summed E-state index contributed by atoms with van der Waals surface area (Å²) >= 11 is 7.18. The zero-order chi connectivity index (χ0) is 21.9. The zero-order valence-corrected chi connectivity index (χ0v) is 17.8. The molecule has 0 aliphatic heterocycles. The molecule has 1 aromatic carbocycles. The van der Waals surface area contributed by atoms with Crippen LogP contribution in [0, 0.1) is 0 Å². The van der Waals surface area contributed by atoms with Gasteiger partial charge in [0.15, 0.2) is 9.77 Å². The number of aromatic nitrogens is 1. The molecule has 158 valence electrons. The molecule has 1 heterocycles. The summed E-state index contributed by atoms with van der Waals surface area (Å²) in [6.45, 7) is 2.19. The Morgan fingerprint density at radius 3 is 2.28 bits per heavy atom. The first kappa shape index (κ1) is 23.5. The van der Waals surface area contributed by atoms with E-state index >= 15 is 0 Å². The second-order valence-corrected chi connectivity index (χ2v) is 10.4. The number of esters is 1. The lowest BCUT2D eigenvalue weighted by atomic mass is 10.2. The van der Waals surface area contributed by atoms with Gasteiger partial charge in [0, 0.05) is 21.9 Å². The fourth-order valence-corrected chi connectivity index (χ4v) is 4.17. The molecule has 0 radical (unpaired) electrons. The van der Waals surface area contributed by atoms with Crippen LogP contribution in [0.4, 0.5) is 13.2 Å². The predicted molar refractivity (Wildman–Crippen MR) is 104 cm³/mol. The van der Waals surface area contributed by atoms with Crippen LogP contribution < -0.4 is 0 Å². The molecule has 0 bridgehead atoms. The molecule has 0 atom stereocenters. The summed E-state index contributed by atoms with van der Waals surface area (Å²) in [7, 11) is -4.37. The number of carbonyl (C=O) groups is 1. The highest BCUT2D eigenvalue weighted by molar-refractivity contribution is 7.99. The summed E-state index contributed by atoms with van der Waals surface area (Å²) in [4.78, 5) is 16.6. The predicted octanol–water partition coefficient (Wildman–Crippen LogP) is 4.64. The van der Waals surface area contributed by atoms with Crippen molar-refractivity contribution < 1.29 is 31.1 Å². The van der Waals surface area contributed by atoms with Gasteiger partial charge >= 0.3 is 12.1 Å². The smallest absolute Gasteiger partial charge is 0.417 e. The molecule has 0 aliphatic carbocycles. The molecule has 2 rings (SSSR count). The van der Waals surface area contributed by atoms with Gasteiger partial charge < -0.3 is 4.74 Å². The summed E-state index contributed by atoms with van der Waals surface area (Å²) in [5.41, 5.74) is -1.09. The van der Waals surface area contributed by atoms with Crippen LogP contribution in [0.25, 0.3) is 0 Å². The first-order valence-electron chi connectivity index (χ1n) is 8.19. The van der Waals surface area contributed by atoms with Crippen molar-refractivity contribution in [1.29, 1.82) is 0 Å². The molecular formula is C18H17ClF3NO4S2. The molecule has 11 heteroatoms. The Hall–Kier alpha value is -1.78. The number of hydrogen-bond acceptors (Lipinski definition) is 6. The average molecular weight is 468 g/mol. The molecule has 0 N–H and O–H groups in total. The van der Waals surface area contributed by atoms with Crippen molar-refractivity contribution in [2.75, 3.05) is 12.4 Å². The molecule has 0 fully saturated rings. The normalized spacial score (nSPS) is 12.6. The van der Waals surface area contributed by atoms with Gasteiger partial charge in [0.1, 0.15) is 6.61 Å². The van der Waals surface area contributed by atoms with Crippen molar-refractivity contribution in [1.82, 2.24) is 4.98 Å².